The van der Waals surface area contributed by atoms with Crippen LogP contribution in [0.4, 0.5) is 11.4 Å². The first-order chi connectivity index (χ1) is 14.8. The van der Waals surface area contributed by atoms with E-state index >= 15 is 0 Å². The van der Waals surface area contributed by atoms with Crippen molar-refractivity contribution in [3.63, 3.8) is 0 Å². The predicted molar refractivity (Wildman–Crippen MR) is 128 cm³/mol. The van der Waals surface area contributed by atoms with Gasteiger partial charge >= 0.3 is 0 Å². The molecule has 0 N–H and O–H groups in total. The Balaban J connectivity index is 1.36. The summed E-state index contributed by atoms with van der Waals surface area (Å²) in [6.45, 7) is 0. The maximum absolute atomic E-state index is 4.34. The van der Waals surface area contributed by atoms with Crippen molar-refractivity contribution in [3.05, 3.63) is 131 Å². The molecule has 2 heteroatoms. The number of hydrogen-bond donors (Lipinski definition) is 0. The van der Waals surface area contributed by atoms with Crippen LogP contribution in [0.5, 0.6) is 0 Å². The second-order valence-corrected chi connectivity index (χ2v) is 6.87. The predicted octanol–water partition coefficient (Wildman–Crippen LogP) is 8.44. The minimum Gasteiger partial charge on any atom is -0.151 e. The highest BCUT2D eigenvalue weighted by Crippen LogP contribution is 2.20. The molecule has 144 valence electrons. The Morgan fingerprint density at radius 1 is 0.333 bits per heavy atom. The molecule has 0 saturated carbocycles. The molecule has 0 amide bonds. The van der Waals surface area contributed by atoms with Gasteiger partial charge in [0.25, 0.3) is 0 Å². The van der Waals surface area contributed by atoms with E-state index in [2.05, 4.69) is 58.8 Å². The molecule has 2 nitrogen and oxygen atoms in total. The van der Waals surface area contributed by atoms with E-state index < -0.39 is 0 Å². The highest BCUT2D eigenvalue weighted by molar-refractivity contribution is 5.71. The van der Waals surface area contributed by atoms with Crippen LogP contribution >= 0.6 is 0 Å². The van der Waals surface area contributed by atoms with E-state index in [0.29, 0.717) is 0 Å². The lowest BCUT2D eigenvalue weighted by molar-refractivity contribution is 1.23. The topological polar surface area (TPSA) is 24.7 Å². The van der Waals surface area contributed by atoms with Crippen LogP contribution in [0, 0.1) is 0 Å². The highest BCUT2D eigenvalue weighted by atomic mass is 15.1. The summed E-state index contributed by atoms with van der Waals surface area (Å²) in [5.41, 5.74) is 6.30. The van der Waals surface area contributed by atoms with Crippen molar-refractivity contribution in [1.82, 2.24) is 0 Å². The molecule has 0 atom stereocenters. The Bertz CT molecular complexity index is 1040. The smallest absolute Gasteiger partial charge is 0.0857 e. The zero-order valence-corrected chi connectivity index (χ0v) is 16.6. The third-order valence-corrected chi connectivity index (χ3v) is 4.60. The number of benzene rings is 4. The first kappa shape index (κ1) is 19.3. The Hall–Kier alpha value is -4.04. The molecular formula is C28H22N2. The van der Waals surface area contributed by atoms with Crippen molar-refractivity contribution in [2.24, 2.45) is 10.2 Å². The SMILES string of the molecule is C(=C\c1ccc(N=Nc2ccc(/C=C/c3ccccc3)cc2)cc1)/c1ccccc1. The minimum atomic E-state index is 0.833. The van der Waals surface area contributed by atoms with Gasteiger partial charge in [-0.3, -0.25) is 0 Å². The van der Waals surface area contributed by atoms with Gasteiger partial charge < -0.3 is 0 Å². The molecule has 0 aliphatic carbocycles. The van der Waals surface area contributed by atoms with Gasteiger partial charge in [0.05, 0.1) is 11.4 Å². The lowest BCUT2D eigenvalue weighted by Gasteiger charge is -1.98. The molecule has 0 saturated heterocycles. The summed E-state index contributed by atoms with van der Waals surface area (Å²) >= 11 is 0. The molecule has 0 spiro atoms. The van der Waals surface area contributed by atoms with Crippen LogP contribution in [0.3, 0.4) is 0 Å². The monoisotopic (exact) mass is 386 g/mol. The number of azo groups is 1. The molecule has 0 bridgehead atoms. The van der Waals surface area contributed by atoms with Gasteiger partial charge in [0, 0.05) is 0 Å². The number of rotatable bonds is 6. The van der Waals surface area contributed by atoms with E-state index in [9.17, 15) is 0 Å². The molecule has 0 aliphatic rings. The minimum absolute atomic E-state index is 0.833. The zero-order valence-electron chi connectivity index (χ0n) is 16.6. The van der Waals surface area contributed by atoms with Crippen LogP contribution in [0.2, 0.25) is 0 Å². The highest BCUT2D eigenvalue weighted by Gasteiger charge is 1.94. The van der Waals surface area contributed by atoms with Crippen LogP contribution in [-0.2, 0) is 0 Å². The average molecular weight is 386 g/mol. The molecular weight excluding hydrogens is 364 g/mol. The van der Waals surface area contributed by atoms with Crippen LogP contribution in [-0.4, -0.2) is 0 Å². The summed E-state index contributed by atoms with van der Waals surface area (Å²) in [5, 5.41) is 8.68. The Morgan fingerprint density at radius 3 is 0.967 bits per heavy atom. The van der Waals surface area contributed by atoms with E-state index in [0.717, 1.165) is 22.5 Å². The second kappa shape index (κ2) is 9.94. The van der Waals surface area contributed by atoms with Crippen LogP contribution in [0.25, 0.3) is 24.3 Å². The van der Waals surface area contributed by atoms with Gasteiger partial charge in [0.15, 0.2) is 0 Å². The maximum atomic E-state index is 4.34. The fourth-order valence-corrected chi connectivity index (χ4v) is 2.93. The fraction of sp³-hybridized carbons (Fsp3) is 0. The quantitative estimate of drug-likeness (QED) is 0.235. The molecule has 4 aromatic carbocycles. The normalized spacial score (nSPS) is 11.6. The molecule has 30 heavy (non-hydrogen) atoms. The number of nitrogens with zero attached hydrogens (tertiary/aromatic N) is 2. The van der Waals surface area contributed by atoms with Crippen molar-refractivity contribution in [2.45, 2.75) is 0 Å². The Morgan fingerprint density at radius 2 is 0.633 bits per heavy atom. The second-order valence-electron chi connectivity index (χ2n) is 6.87. The van der Waals surface area contributed by atoms with Gasteiger partial charge in [0.2, 0.25) is 0 Å². The molecule has 0 aromatic heterocycles. The summed E-state index contributed by atoms with van der Waals surface area (Å²) in [7, 11) is 0. The largest absolute Gasteiger partial charge is 0.151 e. The first-order valence-corrected chi connectivity index (χ1v) is 9.93. The third kappa shape index (κ3) is 5.73. The third-order valence-electron chi connectivity index (χ3n) is 4.60. The van der Waals surface area contributed by atoms with E-state index in [4.69, 9.17) is 0 Å². The number of hydrogen-bond acceptors (Lipinski definition) is 2. The summed E-state index contributed by atoms with van der Waals surface area (Å²) in [5.74, 6) is 0. The zero-order chi connectivity index (χ0) is 20.4. The Kier molecular flexibility index (Phi) is 6.39. The van der Waals surface area contributed by atoms with Crippen LogP contribution in [0.15, 0.2) is 119 Å². The molecule has 4 rings (SSSR count). The lowest BCUT2D eigenvalue weighted by Crippen LogP contribution is -1.73. The summed E-state index contributed by atoms with van der Waals surface area (Å²) in [6, 6.07) is 36.6. The summed E-state index contributed by atoms with van der Waals surface area (Å²) in [4.78, 5) is 0. The van der Waals surface area contributed by atoms with E-state index in [1.165, 1.54) is 11.1 Å². The van der Waals surface area contributed by atoms with Crippen molar-refractivity contribution >= 4 is 35.7 Å². The van der Waals surface area contributed by atoms with Crippen molar-refractivity contribution < 1.29 is 0 Å². The maximum Gasteiger partial charge on any atom is 0.0857 e. The van der Waals surface area contributed by atoms with Crippen molar-refractivity contribution in [2.75, 3.05) is 0 Å². The fourth-order valence-electron chi connectivity index (χ4n) is 2.93. The van der Waals surface area contributed by atoms with Crippen molar-refractivity contribution in [3.8, 4) is 0 Å². The molecule has 0 aliphatic heterocycles. The summed E-state index contributed by atoms with van der Waals surface area (Å²) in [6.07, 6.45) is 8.39. The molecule has 0 unspecified atom stereocenters. The van der Waals surface area contributed by atoms with Gasteiger partial charge in [-0.05, 0) is 46.5 Å². The molecule has 0 fully saturated rings. The van der Waals surface area contributed by atoms with Gasteiger partial charge in [-0.25, -0.2) is 0 Å². The van der Waals surface area contributed by atoms with E-state index in [1.807, 2.05) is 84.9 Å². The first-order valence-electron chi connectivity index (χ1n) is 9.93. The van der Waals surface area contributed by atoms with Gasteiger partial charge in [-0.15, -0.1) is 0 Å². The standard InChI is InChI=1S/C28H22N2/c1-3-7-23(8-4-1)11-13-25-15-19-27(20-16-25)29-30-28-21-17-26(18-22-28)14-12-24-9-5-2-6-10-24/h1-22H/b13-11+,14-12+,30-29?. The average Bonchev–Trinajstić information content (AvgIpc) is 2.83. The molecule has 4 aromatic rings. The molecule has 0 radical (unpaired) electrons. The Labute approximate surface area is 177 Å². The van der Waals surface area contributed by atoms with Crippen LogP contribution < -0.4 is 0 Å². The van der Waals surface area contributed by atoms with E-state index in [-0.39, 0.29) is 0 Å². The molecule has 0 heterocycles. The van der Waals surface area contributed by atoms with Gasteiger partial charge in [-0.1, -0.05) is 109 Å². The van der Waals surface area contributed by atoms with Gasteiger partial charge in [0.1, 0.15) is 0 Å². The van der Waals surface area contributed by atoms with Crippen LogP contribution in [0.1, 0.15) is 22.3 Å². The summed E-state index contributed by atoms with van der Waals surface area (Å²) < 4.78 is 0. The van der Waals surface area contributed by atoms with Crippen molar-refractivity contribution in [1.29, 1.82) is 0 Å². The lowest BCUT2D eigenvalue weighted by atomic mass is 10.1. The van der Waals surface area contributed by atoms with E-state index in [1.54, 1.807) is 0 Å². The van der Waals surface area contributed by atoms with Gasteiger partial charge in [-0.2, -0.15) is 10.2 Å².